The van der Waals surface area contributed by atoms with Crippen LogP contribution in [0.25, 0.3) is 0 Å². The van der Waals surface area contributed by atoms with E-state index in [1.807, 2.05) is 6.92 Å². The number of carboxylic acids is 2. The molecule has 0 fully saturated rings. The predicted octanol–water partition coefficient (Wildman–Crippen LogP) is 0.617. The van der Waals surface area contributed by atoms with Crippen LogP contribution < -0.4 is 11.5 Å². The van der Waals surface area contributed by atoms with Gasteiger partial charge < -0.3 is 21.7 Å². The molecule has 0 aromatic carbocycles. The van der Waals surface area contributed by atoms with E-state index in [2.05, 4.69) is 11.5 Å². The van der Waals surface area contributed by atoms with Gasteiger partial charge >= 0.3 is 11.9 Å². The highest BCUT2D eigenvalue weighted by atomic mass is 32.2. The van der Waals surface area contributed by atoms with E-state index in [0.717, 1.165) is 12.8 Å². The molecule has 0 aliphatic carbocycles. The Labute approximate surface area is 141 Å². The summed E-state index contributed by atoms with van der Waals surface area (Å²) in [6.07, 6.45) is 1.21. The van der Waals surface area contributed by atoms with Gasteiger partial charge in [-0.05, 0) is 12.3 Å². The minimum absolute atomic E-state index is 0.271. The lowest BCUT2D eigenvalue weighted by atomic mass is 9.86. The van der Waals surface area contributed by atoms with Crippen molar-refractivity contribution in [2.45, 2.75) is 57.1 Å². The summed E-state index contributed by atoms with van der Waals surface area (Å²) in [6.45, 7) is 3.72. The first kappa shape index (κ1) is 24.4. The van der Waals surface area contributed by atoms with Crippen molar-refractivity contribution in [3.63, 3.8) is 0 Å². The summed E-state index contributed by atoms with van der Waals surface area (Å²) in [4.78, 5) is 22.1. The Hall–Kier alpha value is -1.88. The van der Waals surface area contributed by atoms with E-state index in [0.29, 0.717) is 12.8 Å². The van der Waals surface area contributed by atoms with Gasteiger partial charge in [-0.1, -0.05) is 39.5 Å². The maximum absolute atomic E-state index is 11.5. The molecule has 0 spiro atoms. The van der Waals surface area contributed by atoms with Crippen molar-refractivity contribution in [2.75, 3.05) is 0 Å². The summed E-state index contributed by atoms with van der Waals surface area (Å²) in [5.74, 6) is -4.00. The fraction of sp³-hybridized carbons (Fsp3) is 0.769. The van der Waals surface area contributed by atoms with Gasteiger partial charge in [0.25, 0.3) is 10.1 Å². The lowest BCUT2D eigenvalue weighted by molar-refractivity contribution is -0.147. The topological polar surface area (TPSA) is 205 Å². The Bertz CT molecular complexity index is 532. The molecular weight excluding hydrogens is 342 g/mol. The number of rotatable bonds is 10. The third-order valence-corrected chi connectivity index (χ3v) is 4.96. The SMILES string of the molecule is CCCCC(CC)CC(CC(=O)O)(C(=O)O)S(=O)(=O)O.N=C(N)N. The van der Waals surface area contributed by atoms with Crippen molar-refractivity contribution < 1.29 is 32.8 Å². The van der Waals surface area contributed by atoms with Gasteiger partial charge in [0.05, 0.1) is 6.42 Å². The molecule has 0 rings (SSSR count). The third kappa shape index (κ3) is 8.67. The van der Waals surface area contributed by atoms with E-state index in [4.69, 9.17) is 10.5 Å². The van der Waals surface area contributed by atoms with Gasteiger partial charge in [0.1, 0.15) is 0 Å². The Morgan fingerprint density at radius 1 is 1.21 bits per heavy atom. The van der Waals surface area contributed by atoms with Gasteiger partial charge in [-0.2, -0.15) is 8.42 Å². The van der Waals surface area contributed by atoms with E-state index in [1.54, 1.807) is 6.92 Å². The molecule has 11 heteroatoms. The van der Waals surface area contributed by atoms with Crippen LogP contribution in [0.3, 0.4) is 0 Å². The van der Waals surface area contributed by atoms with Crippen molar-refractivity contribution in [1.82, 2.24) is 0 Å². The molecule has 0 heterocycles. The van der Waals surface area contributed by atoms with Crippen LogP contribution in [0.15, 0.2) is 0 Å². The number of nitrogens with one attached hydrogen (secondary N) is 1. The van der Waals surface area contributed by atoms with Crippen LogP contribution in [0.1, 0.15) is 52.4 Å². The summed E-state index contributed by atoms with van der Waals surface area (Å²) >= 11 is 0. The first-order valence-corrected chi connectivity index (χ1v) is 8.79. The summed E-state index contributed by atoms with van der Waals surface area (Å²) in [5, 5.41) is 24.0. The van der Waals surface area contributed by atoms with Gasteiger partial charge in [0, 0.05) is 0 Å². The summed E-state index contributed by atoms with van der Waals surface area (Å²) < 4.78 is 29.5. The maximum atomic E-state index is 11.5. The van der Waals surface area contributed by atoms with Crippen LogP contribution in [0, 0.1) is 11.3 Å². The predicted molar refractivity (Wildman–Crippen MR) is 88.2 cm³/mol. The van der Waals surface area contributed by atoms with Crippen LogP contribution in [0.4, 0.5) is 0 Å². The van der Waals surface area contributed by atoms with E-state index < -0.39 is 39.6 Å². The van der Waals surface area contributed by atoms with E-state index in [9.17, 15) is 27.7 Å². The van der Waals surface area contributed by atoms with Gasteiger partial charge in [0.15, 0.2) is 5.96 Å². The number of hydrogen-bond acceptors (Lipinski definition) is 5. The molecule has 8 N–H and O–H groups in total. The molecule has 2 atom stereocenters. The Morgan fingerprint density at radius 3 is 1.92 bits per heavy atom. The molecule has 0 aromatic rings. The highest BCUT2D eigenvalue weighted by Crippen LogP contribution is 2.33. The molecule has 0 saturated heterocycles. The molecule has 0 radical (unpaired) electrons. The number of aliphatic carboxylic acids is 2. The van der Waals surface area contributed by atoms with Crippen molar-refractivity contribution in [2.24, 2.45) is 17.4 Å². The summed E-state index contributed by atoms with van der Waals surface area (Å²) in [6, 6.07) is 0. The number of hydrogen-bond donors (Lipinski definition) is 6. The van der Waals surface area contributed by atoms with Crippen LogP contribution >= 0.6 is 0 Å². The maximum Gasteiger partial charge on any atom is 0.328 e. The zero-order chi connectivity index (χ0) is 19.6. The summed E-state index contributed by atoms with van der Waals surface area (Å²) in [7, 11) is -5.03. The molecule has 0 saturated carbocycles. The van der Waals surface area contributed by atoms with Gasteiger partial charge in [-0.15, -0.1) is 0 Å². The number of carboxylic acid groups (broad SMARTS) is 2. The number of carbonyl (C=O) groups is 2. The number of guanidine groups is 1. The molecule has 0 aliphatic rings. The lowest BCUT2D eigenvalue weighted by Gasteiger charge is -2.28. The van der Waals surface area contributed by atoms with E-state index in [1.165, 1.54) is 0 Å². The number of nitrogens with two attached hydrogens (primary N) is 2. The molecule has 142 valence electrons. The fourth-order valence-corrected chi connectivity index (χ4v) is 3.17. The van der Waals surface area contributed by atoms with Crippen molar-refractivity contribution in [3.05, 3.63) is 0 Å². The van der Waals surface area contributed by atoms with Crippen LogP contribution in [-0.4, -0.2) is 45.8 Å². The zero-order valence-electron chi connectivity index (χ0n) is 13.9. The molecule has 10 nitrogen and oxygen atoms in total. The summed E-state index contributed by atoms with van der Waals surface area (Å²) in [5.41, 5.74) is 8.94. The minimum atomic E-state index is -5.03. The second-order valence-corrected chi connectivity index (χ2v) is 7.15. The molecule has 2 unspecified atom stereocenters. The smallest absolute Gasteiger partial charge is 0.328 e. The quantitative estimate of drug-likeness (QED) is 0.181. The second-order valence-electron chi connectivity index (χ2n) is 5.42. The monoisotopic (exact) mass is 369 g/mol. The van der Waals surface area contributed by atoms with Gasteiger partial charge in [-0.3, -0.25) is 19.6 Å². The highest BCUT2D eigenvalue weighted by Gasteiger charge is 2.53. The molecule has 0 aromatic heterocycles. The van der Waals surface area contributed by atoms with Crippen LogP contribution in [0.2, 0.25) is 0 Å². The zero-order valence-corrected chi connectivity index (χ0v) is 14.7. The molecule has 0 aliphatic heterocycles. The largest absolute Gasteiger partial charge is 0.481 e. The average molecular weight is 369 g/mol. The Kier molecular flexibility index (Phi) is 11.0. The van der Waals surface area contributed by atoms with E-state index >= 15 is 0 Å². The van der Waals surface area contributed by atoms with Gasteiger partial charge in [0.2, 0.25) is 4.75 Å². The minimum Gasteiger partial charge on any atom is -0.481 e. The van der Waals surface area contributed by atoms with Crippen molar-refractivity contribution in [1.29, 1.82) is 5.41 Å². The normalized spacial score (nSPS) is 14.6. The van der Waals surface area contributed by atoms with E-state index in [-0.39, 0.29) is 11.9 Å². The van der Waals surface area contributed by atoms with Crippen LogP contribution in [-0.2, 0) is 19.7 Å². The molecular formula is C13H27N3O7S. The fourth-order valence-electron chi connectivity index (χ4n) is 2.20. The Morgan fingerprint density at radius 2 is 1.67 bits per heavy atom. The Balaban J connectivity index is 0. The third-order valence-electron chi connectivity index (χ3n) is 3.48. The standard InChI is InChI=1S/C12H22O7S.CH5N3/c1-3-5-6-9(4-2)7-12(11(15)16,8-10(13)14)20(17,18)19;2-1(3)4/h9H,3-8H2,1-2H3,(H,13,14)(H,15,16)(H,17,18,19);(H5,2,3,4). The van der Waals surface area contributed by atoms with Crippen LogP contribution in [0.5, 0.6) is 0 Å². The van der Waals surface area contributed by atoms with Crippen molar-refractivity contribution >= 4 is 28.0 Å². The molecule has 0 amide bonds. The van der Waals surface area contributed by atoms with Crippen molar-refractivity contribution in [3.8, 4) is 0 Å². The molecule has 0 bridgehead atoms. The second kappa shape index (κ2) is 10.8. The molecule has 24 heavy (non-hydrogen) atoms. The number of unbranched alkanes of at least 4 members (excludes halogenated alkanes) is 1. The highest BCUT2D eigenvalue weighted by molar-refractivity contribution is 7.88. The first-order chi connectivity index (χ1) is 10.8. The average Bonchev–Trinajstić information content (AvgIpc) is 2.39. The first-order valence-electron chi connectivity index (χ1n) is 7.35. The lowest BCUT2D eigenvalue weighted by Crippen LogP contribution is -2.49. The van der Waals surface area contributed by atoms with Gasteiger partial charge in [-0.25, -0.2) is 0 Å².